The molecule has 2 heterocycles. The fourth-order valence-corrected chi connectivity index (χ4v) is 4.06. The van der Waals surface area contributed by atoms with Crippen LogP contribution >= 0.6 is 23.1 Å². The van der Waals surface area contributed by atoms with Crippen LogP contribution in [0.15, 0.2) is 45.7 Å². The molecule has 26 heavy (non-hydrogen) atoms. The van der Waals surface area contributed by atoms with E-state index in [0.29, 0.717) is 15.4 Å². The SMILES string of the molecule is CC(Sc1nc2sccc2c(=O)n1C)C(=O)Nc1ccc(N(C)C)cc1. The zero-order valence-corrected chi connectivity index (χ0v) is 16.6. The largest absolute Gasteiger partial charge is 0.378 e. The van der Waals surface area contributed by atoms with Gasteiger partial charge in [0, 0.05) is 32.5 Å². The molecule has 0 fully saturated rings. The third kappa shape index (κ3) is 3.76. The Morgan fingerprint density at radius 3 is 2.62 bits per heavy atom. The van der Waals surface area contributed by atoms with Gasteiger partial charge in [0.1, 0.15) is 4.83 Å². The highest BCUT2D eigenvalue weighted by molar-refractivity contribution is 8.00. The van der Waals surface area contributed by atoms with E-state index >= 15 is 0 Å². The number of thiophene rings is 1. The van der Waals surface area contributed by atoms with E-state index in [1.807, 2.05) is 48.6 Å². The standard InChI is InChI=1S/C18H20N4O2S2/c1-11(15(23)19-12-5-7-13(8-6-12)21(2)3)26-18-20-16-14(9-10-25-16)17(24)22(18)4/h5-11H,1-4H3,(H,19,23). The molecule has 0 aliphatic heterocycles. The van der Waals surface area contributed by atoms with Gasteiger partial charge in [0.25, 0.3) is 5.56 Å². The van der Waals surface area contributed by atoms with Crippen molar-refractivity contribution < 1.29 is 4.79 Å². The summed E-state index contributed by atoms with van der Waals surface area (Å²) in [7, 11) is 5.61. The van der Waals surface area contributed by atoms with Crippen molar-refractivity contribution in [3.8, 4) is 0 Å². The van der Waals surface area contributed by atoms with E-state index in [0.717, 1.165) is 11.4 Å². The molecular weight excluding hydrogens is 368 g/mol. The third-order valence-corrected chi connectivity index (χ3v) is 5.92. The average Bonchev–Trinajstić information content (AvgIpc) is 3.08. The summed E-state index contributed by atoms with van der Waals surface area (Å²) in [6.07, 6.45) is 0. The molecule has 8 heteroatoms. The second kappa shape index (κ2) is 7.51. The van der Waals surface area contributed by atoms with Crippen LogP contribution in [0.2, 0.25) is 0 Å². The number of amides is 1. The molecule has 0 bridgehead atoms. The average molecular weight is 389 g/mol. The van der Waals surface area contributed by atoms with Gasteiger partial charge in [-0.3, -0.25) is 14.2 Å². The van der Waals surface area contributed by atoms with Gasteiger partial charge in [0.05, 0.1) is 10.6 Å². The van der Waals surface area contributed by atoms with Gasteiger partial charge >= 0.3 is 0 Å². The number of aromatic nitrogens is 2. The Balaban J connectivity index is 1.73. The highest BCUT2D eigenvalue weighted by Gasteiger charge is 2.18. The van der Waals surface area contributed by atoms with Crippen molar-refractivity contribution in [3.63, 3.8) is 0 Å². The first-order valence-electron chi connectivity index (χ1n) is 8.06. The topological polar surface area (TPSA) is 67.2 Å². The number of benzene rings is 1. The van der Waals surface area contributed by atoms with Gasteiger partial charge in [-0.2, -0.15) is 0 Å². The predicted octanol–water partition coefficient (Wildman–Crippen LogP) is 3.18. The number of carbonyl (C=O) groups is 1. The highest BCUT2D eigenvalue weighted by atomic mass is 32.2. The maximum atomic E-state index is 12.5. The van der Waals surface area contributed by atoms with Gasteiger partial charge in [-0.05, 0) is 42.6 Å². The normalized spacial score (nSPS) is 12.2. The van der Waals surface area contributed by atoms with E-state index in [4.69, 9.17) is 0 Å². The minimum absolute atomic E-state index is 0.0920. The first kappa shape index (κ1) is 18.5. The van der Waals surface area contributed by atoms with Crippen LogP contribution in [0.1, 0.15) is 6.92 Å². The monoisotopic (exact) mass is 388 g/mol. The van der Waals surface area contributed by atoms with Crippen LogP contribution in [0.4, 0.5) is 11.4 Å². The Labute approximate surface area is 159 Å². The molecule has 0 aliphatic carbocycles. The first-order chi connectivity index (χ1) is 12.4. The van der Waals surface area contributed by atoms with Crippen molar-refractivity contribution in [2.45, 2.75) is 17.3 Å². The van der Waals surface area contributed by atoms with Crippen LogP contribution in [0.5, 0.6) is 0 Å². The molecule has 0 aliphatic rings. The van der Waals surface area contributed by atoms with Crippen molar-refractivity contribution >= 4 is 50.6 Å². The molecule has 1 amide bonds. The lowest BCUT2D eigenvalue weighted by atomic mass is 10.2. The van der Waals surface area contributed by atoms with E-state index in [1.54, 1.807) is 20.0 Å². The summed E-state index contributed by atoms with van der Waals surface area (Å²) in [6, 6.07) is 9.41. The van der Waals surface area contributed by atoms with E-state index in [1.165, 1.54) is 27.7 Å². The molecule has 1 aromatic carbocycles. The Morgan fingerprint density at radius 2 is 1.96 bits per heavy atom. The molecule has 0 spiro atoms. The van der Waals surface area contributed by atoms with E-state index in [2.05, 4.69) is 10.3 Å². The predicted molar refractivity (Wildman–Crippen MR) is 110 cm³/mol. The molecule has 3 aromatic rings. The maximum absolute atomic E-state index is 12.5. The van der Waals surface area contributed by atoms with Gasteiger partial charge in [-0.15, -0.1) is 11.3 Å². The van der Waals surface area contributed by atoms with Crippen LogP contribution in [0, 0.1) is 0 Å². The lowest BCUT2D eigenvalue weighted by molar-refractivity contribution is -0.115. The van der Waals surface area contributed by atoms with Gasteiger partial charge in [0.2, 0.25) is 5.91 Å². The van der Waals surface area contributed by atoms with Gasteiger partial charge in [-0.25, -0.2) is 4.98 Å². The zero-order valence-electron chi connectivity index (χ0n) is 15.0. The van der Waals surface area contributed by atoms with E-state index in [9.17, 15) is 9.59 Å². The molecule has 6 nitrogen and oxygen atoms in total. The molecule has 2 aromatic heterocycles. The van der Waals surface area contributed by atoms with E-state index < -0.39 is 0 Å². The fourth-order valence-electron chi connectivity index (χ4n) is 2.38. The zero-order chi connectivity index (χ0) is 18.8. The lowest BCUT2D eigenvalue weighted by Crippen LogP contribution is -2.25. The number of thioether (sulfide) groups is 1. The molecule has 1 atom stereocenters. The number of nitrogens with one attached hydrogen (secondary N) is 1. The summed E-state index contributed by atoms with van der Waals surface area (Å²) < 4.78 is 1.50. The fraction of sp³-hybridized carbons (Fsp3) is 0.278. The summed E-state index contributed by atoms with van der Waals surface area (Å²) in [5.41, 5.74) is 1.71. The van der Waals surface area contributed by atoms with E-state index in [-0.39, 0.29) is 16.7 Å². The van der Waals surface area contributed by atoms with Crippen LogP contribution in [0.3, 0.4) is 0 Å². The molecule has 136 valence electrons. The van der Waals surface area contributed by atoms with Crippen molar-refractivity contribution in [1.29, 1.82) is 0 Å². The quantitative estimate of drug-likeness (QED) is 0.537. The lowest BCUT2D eigenvalue weighted by Gasteiger charge is -2.15. The summed E-state index contributed by atoms with van der Waals surface area (Å²) in [5.74, 6) is -0.131. The molecule has 0 saturated carbocycles. The second-order valence-electron chi connectivity index (χ2n) is 6.09. The summed E-state index contributed by atoms with van der Waals surface area (Å²) in [5, 5.41) is 5.51. The van der Waals surface area contributed by atoms with Crippen LogP contribution in [-0.4, -0.2) is 34.8 Å². The van der Waals surface area contributed by atoms with Crippen molar-refractivity contribution in [1.82, 2.24) is 9.55 Å². The number of rotatable bonds is 5. The minimum Gasteiger partial charge on any atom is -0.378 e. The number of hydrogen-bond donors (Lipinski definition) is 1. The number of carbonyl (C=O) groups excluding carboxylic acids is 1. The molecular formula is C18H20N4O2S2. The highest BCUT2D eigenvalue weighted by Crippen LogP contribution is 2.25. The molecule has 1 N–H and O–H groups in total. The van der Waals surface area contributed by atoms with Gasteiger partial charge in [-0.1, -0.05) is 11.8 Å². The van der Waals surface area contributed by atoms with Crippen LogP contribution in [0.25, 0.3) is 10.2 Å². The number of hydrogen-bond acceptors (Lipinski definition) is 6. The molecule has 1 unspecified atom stereocenters. The third-order valence-electron chi connectivity index (χ3n) is 3.97. The smallest absolute Gasteiger partial charge is 0.262 e. The number of nitrogens with zero attached hydrogens (tertiary/aromatic N) is 3. The van der Waals surface area contributed by atoms with Crippen molar-refractivity contribution in [2.75, 3.05) is 24.3 Å². The summed E-state index contributed by atoms with van der Waals surface area (Å²) in [6.45, 7) is 1.80. The maximum Gasteiger partial charge on any atom is 0.262 e. The Hall–Kier alpha value is -2.32. The minimum atomic E-state index is -0.390. The van der Waals surface area contributed by atoms with Gasteiger partial charge in [0.15, 0.2) is 5.16 Å². The summed E-state index contributed by atoms with van der Waals surface area (Å²) in [4.78, 5) is 32.1. The summed E-state index contributed by atoms with van der Waals surface area (Å²) >= 11 is 2.70. The van der Waals surface area contributed by atoms with Crippen molar-refractivity contribution in [2.24, 2.45) is 7.05 Å². The van der Waals surface area contributed by atoms with Crippen molar-refractivity contribution in [3.05, 3.63) is 46.1 Å². The Morgan fingerprint density at radius 1 is 1.27 bits per heavy atom. The first-order valence-corrected chi connectivity index (χ1v) is 9.82. The Bertz CT molecular complexity index is 993. The molecule has 0 saturated heterocycles. The second-order valence-corrected chi connectivity index (χ2v) is 8.29. The van der Waals surface area contributed by atoms with Crippen LogP contribution in [-0.2, 0) is 11.8 Å². The number of anilines is 2. The molecule has 0 radical (unpaired) electrons. The molecule has 3 rings (SSSR count). The Kier molecular flexibility index (Phi) is 5.33. The number of fused-ring (bicyclic) bond motifs is 1. The van der Waals surface area contributed by atoms with Gasteiger partial charge < -0.3 is 10.2 Å². The van der Waals surface area contributed by atoms with Crippen LogP contribution < -0.4 is 15.8 Å².